The highest BCUT2D eigenvalue weighted by atomic mass is 16.5. The minimum Gasteiger partial charge on any atom is -0.494 e. The molecule has 2 saturated heterocycles. The van der Waals surface area contributed by atoms with Crippen LogP contribution < -0.4 is 9.64 Å². The summed E-state index contributed by atoms with van der Waals surface area (Å²) in [6.07, 6.45) is 10.4. The lowest BCUT2D eigenvalue weighted by atomic mass is 9.77. The first-order chi connectivity index (χ1) is 15.9. The van der Waals surface area contributed by atoms with Crippen molar-refractivity contribution in [2.45, 2.75) is 38.7 Å². The number of pyridine rings is 2. The van der Waals surface area contributed by atoms with Gasteiger partial charge in [0.1, 0.15) is 11.6 Å². The van der Waals surface area contributed by atoms with Crippen LogP contribution in [0.25, 0.3) is 22.3 Å². The lowest BCUT2D eigenvalue weighted by Crippen LogP contribution is -2.43. The number of methoxy groups -OCH3 is 1. The fraction of sp³-hybridized carbons (Fsp3) is 0.520. The van der Waals surface area contributed by atoms with Crippen LogP contribution in [0.5, 0.6) is 5.75 Å². The van der Waals surface area contributed by atoms with E-state index in [4.69, 9.17) is 14.7 Å². The summed E-state index contributed by atoms with van der Waals surface area (Å²) in [7, 11) is 1.66. The second-order valence-electron chi connectivity index (χ2n) is 10.1. The Balaban J connectivity index is 1.44. The third-order valence-corrected chi connectivity index (χ3v) is 6.96. The van der Waals surface area contributed by atoms with Gasteiger partial charge < -0.3 is 14.7 Å². The number of rotatable bonds is 5. The van der Waals surface area contributed by atoms with E-state index in [1.165, 1.54) is 6.42 Å². The lowest BCUT2D eigenvalue weighted by molar-refractivity contribution is 0.0390. The van der Waals surface area contributed by atoms with E-state index >= 15 is 0 Å². The quantitative estimate of drug-likeness (QED) is 0.637. The van der Waals surface area contributed by atoms with Crippen LogP contribution in [-0.2, 0) is 0 Å². The fourth-order valence-electron chi connectivity index (χ4n) is 5.36. The third kappa shape index (κ3) is 4.50. The van der Waals surface area contributed by atoms with Crippen molar-refractivity contribution in [3.05, 3.63) is 36.9 Å². The van der Waals surface area contributed by atoms with Crippen LogP contribution in [0.4, 0.5) is 5.82 Å². The molecule has 174 valence electrons. The van der Waals surface area contributed by atoms with Gasteiger partial charge in [-0.05, 0) is 57.2 Å². The summed E-state index contributed by atoms with van der Waals surface area (Å²) in [6.45, 7) is 8.51. The predicted octanol–water partition coefficient (Wildman–Crippen LogP) is 3.16. The van der Waals surface area contributed by atoms with Crippen LogP contribution in [0.3, 0.4) is 0 Å². The van der Waals surface area contributed by atoms with Crippen LogP contribution in [-0.4, -0.2) is 75.4 Å². The number of aromatic nitrogens is 4. The average Bonchev–Trinajstić information content (AvgIpc) is 3.19. The van der Waals surface area contributed by atoms with Gasteiger partial charge in [-0.15, -0.1) is 0 Å². The van der Waals surface area contributed by atoms with Crippen LogP contribution in [0.1, 0.15) is 33.1 Å². The average molecular weight is 449 g/mol. The fourth-order valence-corrected chi connectivity index (χ4v) is 5.36. The van der Waals surface area contributed by atoms with E-state index in [-0.39, 0.29) is 0 Å². The number of nitrogens with zero attached hydrogens (tertiary/aromatic N) is 6. The number of anilines is 1. The molecule has 0 aliphatic carbocycles. The molecule has 5 heterocycles. The minimum absolute atomic E-state index is 0.324. The van der Waals surface area contributed by atoms with Crippen molar-refractivity contribution < 1.29 is 9.84 Å². The van der Waals surface area contributed by atoms with E-state index < -0.39 is 5.60 Å². The molecule has 2 aliphatic heterocycles. The van der Waals surface area contributed by atoms with Gasteiger partial charge in [0, 0.05) is 44.1 Å². The zero-order valence-electron chi connectivity index (χ0n) is 19.7. The largest absolute Gasteiger partial charge is 0.494 e. The molecule has 8 nitrogen and oxygen atoms in total. The summed E-state index contributed by atoms with van der Waals surface area (Å²) in [4.78, 5) is 23.1. The Hall–Kier alpha value is -2.84. The minimum atomic E-state index is -0.653. The van der Waals surface area contributed by atoms with Crippen molar-refractivity contribution in [1.29, 1.82) is 0 Å². The third-order valence-electron chi connectivity index (χ3n) is 6.96. The SMILES string of the molecule is COc1cncc2nc(-c3ccncc3)nc(N3CCC4(CCN(CC(C)(C)O)C4)CC3)c12. The molecule has 0 amide bonds. The number of fused-ring (bicyclic) bond motifs is 1. The predicted molar refractivity (Wildman–Crippen MR) is 128 cm³/mol. The number of aliphatic hydroxyl groups is 1. The highest BCUT2D eigenvalue weighted by Crippen LogP contribution is 2.43. The smallest absolute Gasteiger partial charge is 0.162 e. The van der Waals surface area contributed by atoms with Gasteiger partial charge in [0.05, 0.1) is 36.0 Å². The Labute approximate surface area is 194 Å². The topological polar surface area (TPSA) is 87.5 Å². The molecule has 0 atom stereocenters. The van der Waals surface area contributed by atoms with Crippen molar-refractivity contribution >= 4 is 16.7 Å². The van der Waals surface area contributed by atoms with E-state index in [0.717, 1.165) is 67.8 Å². The second-order valence-corrected chi connectivity index (χ2v) is 10.1. The van der Waals surface area contributed by atoms with Gasteiger partial charge in [0.2, 0.25) is 0 Å². The van der Waals surface area contributed by atoms with E-state index in [0.29, 0.717) is 17.0 Å². The first-order valence-corrected chi connectivity index (χ1v) is 11.7. The van der Waals surface area contributed by atoms with Crippen molar-refractivity contribution in [2.24, 2.45) is 5.41 Å². The summed E-state index contributed by atoms with van der Waals surface area (Å²) in [5.41, 5.74) is 1.38. The summed E-state index contributed by atoms with van der Waals surface area (Å²) < 4.78 is 5.65. The highest BCUT2D eigenvalue weighted by molar-refractivity contribution is 5.95. The Morgan fingerprint density at radius 2 is 1.76 bits per heavy atom. The zero-order chi connectivity index (χ0) is 23.1. The van der Waals surface area contributed by atoms with E-state index in [1.54, 1.807) is 31.9 Å². The summed E-state index contributed by atoms with van der Waals surface area (Å²) in [5, 5.41) is 11.2. The van der Waals surface area contributed by atoms with E-state index in [9.17, 15) is 5.11 Å². The number of hydrogen-bond donors (Lipinski definition) is 1. The highest BCUT2D eigenvalue weighted by Gasteiger charge is 2.42. The molecule has 33 heavy (non-hydrogen) atoms. The van der Waals surface area contributed by atoms with Gasteiger partial charge in [0.25, 0.3) is 0 Å². The summed E-state index contributed by atoms with van der Waals surface area (Å²) in [5.74, 6) is 2.28. The van der Waals surface area contributed by atoms with Crippen molar-refractivity contribution in [3.8, 4) is 17.1 Å². The molecule has 2 fully saturated rings. The Kier molecular flexibility index (Phi) is 5.66. The molecular formula is C25H32N6O2. The summed E-state index contributed by atoms with van der Waals surface area (Å²) in [6, 6.07) is 3.86. The van der Waals surface area contributed by atoms with Gasteiger partial charge >= 0.3 is 0 Å². The van der Waals surface area contributed by atoms with Crippen LogP contribution >= 0.6 is 0 Å². The number of hydrogen-bond acceptors (Lipinski definition) is 8. The maximum atomic E-state index is 10.2. The molecule has 3 aromatic rings. The molecule has 8 heteroatoms. The molecule has 0 unspecified atom stereocenters. The molecule has 5 rings (SSSR count). The normalized spacial score (nSPS) is 18.8. The Bertz CT molecular complexity index is 1120. The maximum absolute atomic E-state index is 10.2. The standard InChI is InChI=1S/C25H32N6O2/c1-24(2,32)16-30-11-6-25(17-30)7-12-31(13-8-25)23-21-19(14-27-15-20(21)33-3)28-22(29-23)18-4-9-26-10-5-18/h4-5,9-10,14-15,32H,6-8,11-13,16-17H2,1-3H3. The molecule has 0 saturated carbocycles. The van der Waals surface area contributed by atoms with Gasteiger partial charge in [-0.25, -0.2) is 9.97 Å². The number of likely N-dealkylation sites (tertiary alicyclic amines) is 1. The molecule has 0 radical (unpaired) electrons. The molecular weight excluding hydrogens is 416 g/mol. The van der Waals surface area contributed by atoms with E-state index in [1.807, 2.05) is 26.0 Å². The first-order valence-electron chi connectivity index (χ1n) is 11.7. The van der Waals surface area contributed by atoms with Crippen molar-refractivity contribution in [2.75, 3.05) is 44.7 Å². The van der Waals surface area contributed by atoms with Gasteiger partial charge in [-0.1, -0.05) is 0 Å². The molecule has 1 N–H and O–H groups in total. The first kappa shape index (κ1) is 22.0. The van der Waals surface area contributed by atoms with Crippen molar-refractivity contribution in [1.82, 2.24) is 24.8 Å². The van der Waals surface area contributed by atoms with Gasteiger partial charge in [-0.3, -0.25) is 14.9 Å². The van der Waals surface area contributed by atoms with E-state index in [2.05, 4.69) is 19.8 Å². The Morgan fingerprint density at radius 1 is 1.03 bits per heavy atom. The second kappa shape index (κ2) is 8.50. The lowest BCUT2D eigenvalue weighted by Gasteiger charge is -2.40. The molecule has 2 aliphatic rings. The Morgan fingerprint density at radius 3 is 2.45 bits per heavy atom. The van der Waals surface area contributed by atoms with Gasteiger partial charge in [0.15, 0.2) is 5.82 Å². The van der Waals surface area contributed by atoms with Gasteiger partial charge in [-0.2, -0.15) is 0 Å². The zero-order valence-corrected chi connectivity index (χ0v) is 19.7. The monoisotopic (exact) mass is 448 g/mol. The molecule has 0 aromatic carbocycles. The van der Waals surface area contributed by atoms with Crippen LogP contribution in [0.15, 0.2) is 36.9 Å². The maximum Gasteiger partial charge on any atom is 0.162 e. The summed E-state index contributed by atoms with van der Waals surface area (Å²) >= 11 is 0. The number of piperidine rings is 1. The number of β-amino-alcohol motifs (C(OH)–C–C–N with tert-alkyl or cyclic N) is 1. The van der Waals surface area contributed by atoms with Crippen LogP contribution in [0, 0.1) is 5.41 Å². The van der Waals surface area contributed by atoms with Crippen molar-refractivity contribution in [3.63, 3.8) is 0 Å². The molecule has 3 aromatic heterocycles. The molecule has 1 spiro atoms. The molecule has 0 bridgehead atoms. The van der Waals surface area contributed by atoms with Crippen LogP contribution in [0.2, 0.25) is 0 Å². The number of ether oxygens (including phenoxy) is 1.